The zero-order valence-electron chi connectivity index (χ0n) is 11.4. The molecular formula is C14H15BrN2O3. The number of carbonyl (C=O) groups is 1. The summed E-state index contributed by atoms with van der Waals surface area (Å²) in [7, 11) is 1.58. The highest BCUT2D eigenvalue weighted by Crippen LogP contribution is 2.25. The first kappa shape index (κ1) is 14.6. The molecule has 1 N–H and O–H groups in total. The number of amides is 1. The lowest BCUT2D eigenvalue weighted by molar-refractivity contribution is 0.0934. The number of nitrogens with zero attached hydrogens (tertiary/aromatic N) is 1. The molecule has 0 saturated carbocycles. The fourth-order valence-electron chi connectivity index (χ4n) is 1.72. The Morgan fingerprint density at radius 2 is 2.25 bits per heavy atom. The van der Waals surface area contributed by atoms with Crippen LogP contribution >= 0.6 is 15.9 Å². The molecule has 0 radical (unpaired) electrons. The molecule has 2 aromatic rings. The van der Waals surface area contributed by atoms with Gasteiger partial charge in [-0.15, -0.1) is 0 Å². The van der Waals surface area contributed by atoms with E-state index in [4.69, 9.17) is 9.15 Å². The van der Waals surface area contributed by atoms with Crippen LogP contribution in [-0.4, -0.2) is 18.0 Å². The van der Waals surface area contributed by atoms with Gasteiger partial charge in [-0.05, 0) is 48.0 Å². The zero-order valence-corrected chi connectivity index (χ0v) is 13.0. The largest absolute Gasteiger partial charge is 0.496 e. The Hall–Kier alpha value is -1.82. The van der Waals surface area contributed by atoms with Crippen molar-refractivity contribution >= 4 is 21.8 Å². The molecule has 0 saturated heterocycles. The van der Waals surface area contributed by atoms with Gasteiger partial charge in [0.1, 0.15) is 17.6 Å². The van der Waals surface area contributed by atoms with Crippen molar-refractivity contribution in [2.24, 2.45) is 0 Å². The van der Waals surface area contributed by atoms with E-state index in [0.717, 1.165) is 4.47 Å². The first-order chi connectivity index (χ1) is 9.51. The fraction of sp³-hybridized carbons (Fsp3) is 0.286. The van der Waals surface area contributed by atoms with Gasteiger partial charge >= 0.3 is 0 Å². The molecule has 0 aliphatic rings. The van der Waals surface area contributed by atoms with E-state index < -0.39 is 0 Å². The van der Waals surface area contributed by atoms with Crippen LogP contribution in [-0.2, 0) is 0 Å². The third-order valence-electron chi connectivity index (χ3n) is 2.77. The van der Waals surface area contributed by atoms with E-state index in [9.17, 15) is 4.79 Å². The number of oxazole rings is 1. The normalized spacial score (nSPS) is 12.0. The Morgan fingerprint density at radius 1 is 1.50 bits per heavy atom. The zero-order chi connectivity index (χ0) is 14.7. The molecular weight excluding hydrogens is 324 g/mol. The monoisotopic (exact) mass is 338 g/mol. The van der Waals surface area contributed by atoms with Crippen LogP contribution in [0.15, 0.2) is 33.3 Å². The van der Waals surface area contributed by atoms with Gasteiger partial charge in [-0.2, -0.15) is 0 Å². The molecule has 2 rings (SSSR count). The SMILES string of the molecule is COc1ccc(C(=O)NC(C)c2ncc(C)o2)cc1Br. The molecule has 1 amide bonds. The standard InChI is InChI=1S/C14H15BrN2O3/c1-8-7-16-14(20-8)9(2)17-13(18)10-4-5-12(19-3)11(15)6-10/h4-7,9H,1-3H3,(H,17,18). The van der Waals surface area contributed by atoms with Crippen molar-refractivity contribution in [3.05, 3.63) is 46.1 Å². The van der Waals surface area contributed by atoms with Crippen molar-refractivity contribution in [3.63, 3.8) is 0 Å². The highest BCUT2D eigenvalue weighted by molar-refractivity contribution is 9.10. The second-order valence-corrected chi connectivity index (χ2v) is 5.21. The lowest BCUT2D eigenvalue weighted by Gasteiger charge is -2.11. The molecule has 1 unspecified atom stereocenters. The van der Waals surface area contributed by atoms with Gasteiger partial charge in [-0.1, -0.05) is 0 Å². The molecule has 20 heavy (non-hydrogen) atoms. The number of hydrogen-bond donors (Lipinski definition) is 1. The van der Waals surface area contributed by atoms with E-state index in [-0.39, 0.29) is 11.9 Å². The average molecular weight is 339 g/mol. The predicted octanol–water partition coefficient (Wildman–Crippen LogP) is 3.25. The summed E-state index contributed by atoms with van der Waals surface area (Å²) in [5, 5.41) is 2.83. The maximum absolute atomic E-state index is 12.1. The number of carbonyl (C=O) groups excluding carboxylic acids is 1. The van der Waals surface area contributed by atoms with Gasteiger partial charge in [0.05, 0.1) is 17.8 Å². The van der Waals surface area contributed by atoms with Crippen LogP contribution in [0.5, 0.6) is 5.75 Å². The van der Waals surface area contributed by atoms with Crippen LogP contribution in [0, 0.1) is 6.92 Å². The topological polar surface area (TPSA) is 64.4 Å². The third kappa shape index (κ3) is 3.19. The summed E-state index contributed by atoms with van der Waals surface area (Å²) in [5.41, 5.74) is 0.535. The number of rotatable bonds is 4. The van der Waals surface area contributed by atoms with Crippen molar-refractivity contribution in [2.45, 2.75) is 19.9 Å². The van der Waals surface area contributed by atoms with Crippen molar-refractivity contribution in [1.29, 1.82) is 0 Å². The number of hydrogen-bond acceptors (Lipinski definition) is 4. The third-order valence-corrected chi connectivity index (χ3v) is 3.39. The molecule has 0 aliphatic carbocycles. The second-order valence-electron chi connectivity index (χ2n) is 4.35. The summed E-state index contributed by atoms with van der Waals surface area (Å²) in [4.78, 5) is 16.2. The number of nitrogens with one attached hydrogen (secondary N) is 1. The molecule has 106 valence electrons. The molecule has 1 heterocycles. The maximum atomic E-state index is 12.1. The molecule has 6 heteroatoms. The number of benzene rings is 1. The Bertz CT molecular complexity index is 625. The Balaban J connectivity index is 2.10. The van der Waals surface area contributed by atoms with Gasteiger partial charge < -0.3 is 14.5 Å². The summed E-state index contributed by atoms with van der Waals surface area (Å²) < 4.78 is 11.2. The minimum absolute atomic E-state index is 0.197. The molecule has 1 aromatic heterocycles. The Morgan fingerprint density at radius 3 is 2.80 bits per heavy atom. The number of aromatic nitrogens is 1. The summed E-state index contributed by atoms with van der Waals surface area (Å²) in [6, 6.07) is 4.85. The quantitative estimate of drug-likeness (QED) is 0.929. The van der Waals surface area contributed by atoms with Crippen molar-refractivity contribution in [1.82, 2.24) is 10.3 Å². The van der Waals surface area contributed by atoms with Crippen molar-refractivity contribution in [2.75, 3.05) is 7.11 Å². The molecule has 0 fully saturated rings. The van der Waals surface area contributed by atoms with Crippen molar-refractivity contribution < 1.29 is 13.9 Å². The van der Waals surface area contributed by atoms with Crippen LogP contribution in [0.25, 0.3) is 0 Å². The van der Waals surface area contributed by atoms with E-state index in [1.54, 1.807) is 31.5 Å². The highest BCUT2D eigenvalue weighted by atomic mass is 79.9. The number of methoxy groups -OCH3 is 1. The smallest absolute Gasteiger partial charge is 0.251 e. The number of halogens is 1. The second kappa shape index (κ2) is 6.09. The summed E-state index contributed by atoms with van der Waals surface area (Å²) in [6.07, 6.45) is 1.63. The number of aryl methyl sites for hydroxylation is 1. The summed E-state index contributed by atoms with van der Waals surface area (Å²) in [6.45, 7) is 3.63. The lowest BCUT2D eigenvalue weighted by atomic mass is 10.2. The van der Waals surface area contributed by atoms with Crippen LogP contribution < -0.4 is 10.1 Å². The Kier molecular flexibility index (Phi) is 4.44. The van der Waals surface area contributed by atoms with Gasteiger partial charge in [0.25, 0.3) is 5.91 Å². The van der Waals surface area contributed by atoms with Crippen LogP contribution in [0.4, 0.5) is 0 Å². The van der Waals surface area contributed by atoms with Gasteiger partial charge in [0.15, 0.2) is 0 Å². The Labute approximate surface area is 125 Å². The van der Waals surface area contributed by atoms with E-state index in [1.807, 2.05) is 13.8 Å². The predicted molar refractivity (Wildman–Crippen MR) is 77.8 cm³/mol. The van der Waals surface area contributed by atoms with Gasteiger partial charge in [-0.3, -0.25) is 4.79 Å². The van der Waals surface area contributed by atoms with Gasteiger partial charge in [0, 0.05) is 5.56 Å². The molecule has 1 atom stereocenters. The van der Waals surface area contributed by atoms with E-state index in [0.29, 0.717) is 23.0 Å². The molecule has 0 spiro atoms. The van der Waals surface area contributed by atoms with Crippen LogP contribution in [0.1, 0.15) is 35.0 Å². The first-order valence-corrected chi connectivity index (χ1v) is 6.87. The summed E-state index contributed by atoms with van der Waals surface area (Å²) >= 11 is 3.35. The van der Waals surface area contributed by atoms with E-state index in [1.165, 1.54) is 0 Å². The minimum Gasteiger partial charge on any atom is -0.496 e. The van der Waals surface area contributed by atoms with E-state index >= 15 is 0 Å². The maximum Gasteiger partial charge on any atom is 0.251 e. The number of ether oxygens (including phenoxy) is 1. The van der Waals surface area contributed by atoms with Crippen LogP contribution in [0.2, 0.25) is 0 Å². The molecule has 0 bridgehead atoms. The van der Waals surface area contributed by atoms with E-state index in [2.05, 4.69) is 26.2 Å². The van der Waals surface area contributed by atoms with Gasteiger partial charge in [0.2, 0.25) is 5.89 Å². The summed E-state index contributed by atoms with van der Waals surface area (Å²) in [5.74, 6) is 1.69. The van der Waals surface area contributed by atoms with Gasteiger partial charge in [-0.25, -0.2) is 4.98 Å². The van der Waals surface area contributed by atoms with Crippen molar-refractivity contribution in [3.8, 4) is 5.75 Å². The molecule has 1 aromatic carbocycles. The molecule has 5 nitrogen and oxygen atoms in total. The first-order valence-electron chi connectivity index (χ1n) is 6.08. The minimum atomic E-state index is -0.294. The fourth-order valence-corrected chi connectivity index (χ4v) is 2.26. The average Bonchev–Trinajstić information content (AvgIpc) is 2.85. The lowest BCUT2D eigenvalue weighted by Crippen LogP contribution is -2.26. The van der Waals surface area contributed by atoms with Crippen LogP contribution in [0.3, 0.4) is 0 Å². The highest BCUT2D eigenvalue weighted by Gasteiger charge is 2.16. The molecule has 0 aliphatic heterocycles.